The molecule has 0 fully saturated rings. The minimum absolute atomic E-state index is 0.0226. The third kappa shape index (κ3) is 1.84. The molecule has 1 heterocycles. The van der Waals surface area contributed by atoms with E-state index in [-0.39, 0.29) is 11.4 Å². The summed E-state index contributed by atoms with van der Waals surface area (Å²) in [7, 11) is 0. The molecule has 0 saturated heterocycles. The van der Waals surface area contributed by atoms with Crippen molar-refractivity contribution in [3.63, 3.8) is 0 Å². The molecule has 0 aliphatic rings. The summed E-state index contributed by atoms with van der Waals surface area (Å²) in [5, 5.41) is 13.0. The lowest BCUT2D eigenvalue weighted by molar-refractivity contribution is 0.0698. The van der Waals surface area contributed by atoms with Crippen LogP contribution < -0.4 is 5.73 Å². The Kier molecular flexibility index (Phi) is 2.82. The molecular weight excluding hydrogens is 230 g/mol. The zero-order valence-corrected chi connectivity index (χ0v) is 10.6. The molecule has 0 bridgehead atoms. The van der Waals surface area contributed by atoms with Crippen LogP contribution in [0.5, 0.6) is 0 Å². The lowest BCUT2D eigenvalue weighted by atomic mass is 10.1. The molecule has 5 nitrogen and oxygen atoms in total. The summed E-state index contributed by atoms with van der Waals surface area (Å²) in [4.78, 5) is 11.0. The van der Waals surface area contributed by atoms with Crippen molar-refractivity contribution in [2.75, 3.05) is 5.73 Å². The van der Waals surface area contributed by atoms with E-state index in [4.69, 9.17) is 10.8 Å². The molecule has 0 amide bonds. The van der Waals surface area contributed by atoms with Crippen molar-refractivity contribution >= 4 is 11.8 Å². The van der Waals surface area contributed by atoms with E-state index in [0.29, 0.717) is 0 Å². The quantitative estimate of drug-likeness (QED) is 0.848. The fourth-order valence-corrected chi connectivity index (χ4v) is 2.21. The second-order valence-electron chi connectivity index (χ2n) is 4.41. The predicted octanol–water partition coefficient (Wildman–Crippen LogP) is 2.08. The number of nitrogens with zero attached hydrogens (tertiary/aromatic N) is 2. The molecule has 5 heteroatoms. The molecule has 1 aromatic heterocycles. The van der Waals surface area contributed by atoms with Gasteiger partial charge in [0.25, 0.3) is 0 Å². The second-order valence-corrected chi connectivity index (χ2v) is 4.41. The zero-order valence-electron chi connectivity index (χ0n) is 10.6. The Hall–Kier alpha value is -2.30. The van der Waals surface area contributed by atoms with Crippen LogP contribution in [-0.2, 0) is 0 Å². The first-order chi connectivity index (χ1) is 8.41. The van der Waals surface area contributed by atoms with Gasteiger partial charge >= 0.3 is 5.97 Å². The molecule has 0 aliphatic carbocycles. The van der Waals surface area contributed by atoms with Crippen molar-refractivity contribution in [2.24, 2.45) is 0 Å². The molecule has 0 spiro atoms. The molecule has 0 aliphatic heterocycles. The Bertz CT molecular complexity index is 606. The lowest BCUT2D eigenvalue weighted by Crippen LogP contribution is -2.08. The van der Waals surface area contributed by atoms with E-state index < -0.39 is 5.97 Å². The minimum atomic E-state index is -1.07. The number of anilines is 1. The third-order valence-corrected chi connectivity index (χ3v) is 2.88. The highest BCUT2D eigenvalue weighted by atomic mass is 16.4. The average molecular weight is 245 g/mol. The summed E-state index contributed by atoms with van der Waals surface area (Å²) in [5.74, 6) is -0.918. The molecule has 3 N–H and O–H groups in total. The standard InChI is InChI=1S/C13H15N3O2/c1-7-4-8(2)11(9(3)5-7)16-12(14)10(6-15-16)13(17)18/h4-6H,14H2,1-3H3,(H,17,18). The van der Waals surface area contributed by atoms with Crippen molar-refractivity contribution in [1.29, 1.82) is 0 Å². The van der Waals surface area contributed by atoms with Crippen LogP contribution in [-0.4, -0.2) is 20.9 Å². The van der Waals surface area contributed by atoms with Gasteiger partial charge in [-0.15, -0.1) is 0 Å². The number of nitrogen functional groups attached to an aromatic ring is 1. The van der Waals surface area contributed by atoms with Gasteiger partial charge in [-0.1, -0.05) is 17.7 Å². The normalized spacial score (nSPS) is 10.6. The summed E-state index contributed by atoms with van der Waals surface area (Å²) in [6.45, 7) is 5.92. The molecule has 2 rings (SSSR count). The number of rotatable bonds is 2. The Labute approximate surface area is 105 Å². The van der Waals surface area contributed by atoms with Gasteiger partial charge in [-0.2, -0.15) is 5.10 Å². The number of aromatic carboxylic acids is 1. The SMILES string of the molecule is Cc1cc(C)c(-n2ncc(C(=O)O)c2N)c(C)c1. The largest absolute Gasteiger partial charge is 0.477 e. The molecule has 1 aromatic carbocycles. The Balaban J connectivity index is 2.67. The smallest absolute Gasteiger partial charge is 0.341 e. The number of carbonyl (C=O) groups is 1. The highest BCUT2D eigenvalue weighted by Crippen LogP contribution is 2.24. The number of aromatic nitrogens is 2. The van der Waals surface area contributed by atoms with E-state index in [1.807, 2.05) is 32.9 Å². The van der Waals surface area contributed by atoms with E-state index in [0.717, 1.165) is 22.4 Å². The first-order valence-corrected chi connectivity index (χ1v) is 5.57. The van der Waals surface area contributed by atoms with Crippen LogP contribution in [0.1, 0.15) is 27.0 Å². The fraction of sp³-hybridized carbons (Fsp3) is 0.231. The maximum absolute atomic E-state index is 11.0. The molecule has 2 aromatic rings. The van der Waals surface area contributed by atoms with Gasteiger partial charge in [0.05, 0.1) is 11.9 Å². The predicted molar refractivity (Wildman–Crippen MR) is 69.1 cm³/mol. The highest BCUT2D eigenvalue weighted by Gasteiger charge is 2.17. The Morgan fingerprint density at radius 1 is 1.28 bits per heavy atom. The van der Waals surface area contributed by atoms with Crippen LogP contribution >= 0.6 is 0 Å². The Morgan fingerprint density at radius 3 is 2.28 bits per heavy atom. The third-order valence-electron chi connectivity index (χ3n) is 2.88. The molecule has 0 atom stereocenters. The molecule has 0 saturated carbocycles. The lowest BCUT2D eigenvalue weighted by Gasteiger charge is -2.12. The number of hydrogen-bond acceptors (Lipinski definition) is 3. The second kappa shape index (κ2) is 4.18. The molecule has 94 valence electrons. The summed E-state index contributed by atoms with van der Waals surface area (Å²) in [6.07, 6.45) is 1.27. The van der Waals surface area contributed by atoms with Gasteiger partial charge in [0.1, 0.15) is 11.4 Å². The minimum Gasteiger partial charge on any atom is -0.477 e. The molecule has 18 heavy (non-hydrogen) atoms. The first kappa shape index (κ1) is 12.2. The molecule has 0 unspecified atom stereocenters. The number of hydrogen-bond donors (Lipinski definition) is 2. The van der Waals surface area contributed by atoms with E-state index in [1.54, 1.807) is 0 Å². The maximum atomic E-state index is 11.0. The van der Waals surface area contributed by atoms with Crippen molar-refractivity contribution in [3.8, 4) is 5.69 Å². The van der Waals surface area contributed by atoms with Gasteiger partial charge in [0.15, 0.2) is 0 Å². The van der Waals surface area contributed by atoms with Crippen molar-refractivity contribution < 1.29 is 9.90 Å². The first-order valence-electron chi connectivity index (χ1n) is 5.57. The average Bonchev–Trinajstić information content (AvgIpc) is 2.59. The number of benzene rings is 1. The monoisotopic (exact) mass is 245 g/mol. The van der Waals surface area contributed by atoms with Crippen molar-refractivity contribution in [1.82, 2.24) is 9.78 Å². The summed E-state index contributed by atoms with van der Waals surface area (Å²) >= 11 is 0. The topological polar surface area (TPSA) is 81.1 Å². The maximum Gasteiger partial charge on any atom is 0.341 e. The van der Waals surface area contributed by atoms with E-state index in [2.05, 4.69) is 5.10 Å². The van der Waals surface area contributed by atoms with E-state index in [1.165, 1.54) is 10.9 Å². The summed E-state index contributed by atoms with van der Waals surface area (Å²) < 4.78 is 1.48. The van der Waals surface area contributed by atoms with Crippen LogP contribution in [0.4, 0.5) is 5.82 Å². The Morgan fingerprint density at radius 2 is 1.83 bits per heavy atom. The van der Waals surface area contributed by atoms with Crippen LogP contribution in [0.25, 0.3) is 5.69 Å². The summed E-state index contributed by atoms with van der Waals surface area (Å²) in [6, 6.07) is 4.04. The van der Waals surface area contributed by atoms with Crippen molar-refractivity contribution in [2.45, 2.75) is 20.8 Å². The molecular formula is C13H15N3O2. The van der Waals surface area contributed by atoms with Gasteiger partial charge in [-0.25, -0.2) is 9.48 Å². The van der Waals surface area contributed by atoms with Crippen molar-refractivity contribution in [3.05, 3.63) is 40.6 Å². The van der Waals surface area contributed by atoms with Gasteiger partial charge in [-0.3, -0.25) is 0 Å². The van der Waals surface area contributed by atoms with Crippen LogP contribution in [0, 0.1) is 20.8 Å². The summed E-state index contributed by atoms with van der Waals surface area (Å²) in [5.41, 5.74) is 9.87. The van der Waals surface area contributed by atoms with Gasteiger partial charge in [-0.05, 0) is 31.9 Å². The van der Waals surface area contributed by atoms with E-state index in [9.17, 15) is 4.79 Å². The van der Waals surface area contributed by atoms with Crippen LogP contribution in [0.15, 0.2) is 18.3 Å². The number of carboxylic acid groups (broad SMARTS) is 1. The van der Waals surface area contributed by atoms with Crippen LogP contribution in [0.2, 0.25) is 0 Å². The van der Waals surface area contributed by atoms with Gasteiger partial charge in [0.2, 0.25) is 0 Å². The van der Waals surface area contributed by atoms with Crippen LogP contribution in [0.3, 0.4) is 0 Å². The van der Waals surface area contributed by atoms with Gasteiger partial charge in [0, 0.05) is 0 Å². The number of carboxylic acids is 1. The fourth-order valence-electron chi connectivity index (χ4n) is 2.21. The van der Waals surface area contributed by atoms with E-state index >= 15 is 0 Å². The van der Waals surface area contributed by atoms with Gasteiger partial charge < -0.3 is 10.8 Å². The zero-order chi connectivity index (χ0) is 13.4. The molecule has 0 radical (unpaired) electrons. The highest BCUT2D eigenvalue weighted by molar-refractivity contribution is 5.92. The number of nitrogens with two attached hydrogens (primary N) is 1. The number of aryl methyl sites for hydroxylation is 3.